The minimum atomic E-state index is 0.167. The van der Waals surface area contributed by atoms with Gasteiger partial charge in [0.15, 0.2) is 0 Å². The maximum atomic E-state index is 9.44. The molecule has 0 radical (unpaired) electrons. The van der Waals surface area contributed by atoms with Crippen LogP contribution in [0.5, 0.6) is 0 Å². The van der Waals surface area contributed by atoms with Gasteiger partial charge in [-0.3, -0.25) is 0 Å². The average molecular weight is 565 g/mol. The first-order chi connectivity index (χ1) is 19.2. The van der Waals surface area contributed by atoms with Crippen LogP contribution in [0.3, 0.4) is 0 Å². The van der Waals surface area contributed by atoms with Crippen LogP contribution in [0.25, 0.3) is 0 Å². The van der Waals surface area contributed by atoms with Crippen molar-refractivity contribution in [3.8, 4) is 0 Å². The van der Waals surface area contributed by atoms with Gasteiger partial charge in [0, 0.05) is 0 Å². The van der Waals surface area contributed by atoms with Gasteiger partial charge in [0.2, 0.25) is 0 Å². The number of hydrogen-bond acceptors (Lipinski definition) is 1. The molecule has 0 spiro atoms. The molecule has 40 heavy (non-hydrogen) atoms. The molecule has 6 atom stereocenters. The molecule has 1 fully saturated rings. The Morgan fingerprint density at radius 2 is 1.15 bits per heavy atom. The second-order valence-corrected chi connectivity index (χ2v) is 13.9. The predicted molar refractivity (Wildman–Crippen MR) is 184 cm³/mol. The lowest BCUT2D eigenvalue weighted by molar-refractivity contribution is -0.114. The normalized spacial score (nSPS) is 19.6. The smallest absolute Gasteiger partial charge is 0.126 e. The molecule has 1 heteroatoms. The van der Waals surface area contributed by atoms with Gasteiger partial charge in [0.1, 0.15) is 5.78 Å². The van der Waals surface area contributed by atoms with Crippen LogP contribution in [0.1, 0.15) is 210 Å². The summed E-state index contributed by atoms with van der Waals surface area (Å²) in [6, 6.07) is 0. The Kier molecular flexibility index (Phi) is 31.5. The summed E-state index contributed by atoms with van der Waals surface area (Å²) in [6.45, 7) is 22.1. The largest absolute Gasteiger partial charge is 0.300 e. The van der Waals surface area contributed by atoms with E-state index in [2.05, 4.69) is 55.4 Å². The van der Waals surface area contributed by atoms with Gasteiger partial charge in [-0.1, -0.05) is 171 Å². The van der Waals surface area contributed by atoms with Crippen LogP contribution in [-0.2, 0) is 4.79 Å². The van der Waals surface area contributed by atoms with Gasteiger partial charge in [0.25, 0.3) is 0 Å². The number of ketones is 1. The highest BCUT2D eigenvalue weighted by atomic mass is 16.1. The molecule has 1 aliphatic carbocycles. The van der Waals surface area contributed by atoms with Gasteiger partial charge in [-0.15, -0.1) is 0 Å². The van der Waals surface area contributed by atoms with Crippen molar-refractivity contribution in [2.45, 2.75) is 210 Å². The summed E-state index contributed by atoms with van der Waals surface area (Å²) in [4.78, 5) is 9.44. The zero-order valence-corrected chi connectivity index (χ0v) is 29.9. The fourth-order valence-corrected chi connectivity index (χ4v) is 7.30. The number of rotatable bonds is 22. The Morgan fingerprint density at radius 1 is 0.625 bits per heavy atom. The monoisotopic (exact) mass is 565 g/mol. The molecule has 1 aliphatic rings. The Bertz CT molecular complexity index is 503. The third-order valence-corrected chi connectivity index (χ3v) is 9.69. The van der Waals surface area contributed by atoms with Crippen LogP contribution < -0.4 is 0 Å². The van der Waals surface area contributed by atoms with Crippen molar-refractivity contribution in [3.63, 3.8) is 0 Å². The van der Waals surface area contributed by atoms with Crippen LogP contribution in [0.4, 0.5) is 0 Å². The predicted octanol–water partition coefficient (Wildman–Crippen LogP) is 14.0. The molecule has 6 unspecified atom stereocenters. The van der Waals surface area contributed by atoms with E-state index >= 15 is 0 Å². The zero-order valence-electron chi connectivity index (χ0n) is 29.9. The molecule has 1 nitrogen and oxygen atoms in total. The number of hydrogen-bond donors (Lipinski definition) is 0. The Morgan fingerprint density at radius 3 is 1.62 bits per heavy atom. The lowest BCUT2D eigenvalue weighted by atomic mass is 9.82. The first-order valence-electron chi connectivity index (χ1n) is 18.7. The van der Waals surface area contributed by atoms with Crippen LogP contribution in [0.15, 0.2) is 0 Å². The van der Waals surface area contributed by atoms with Crippen molar-refractivity contribution in [1.82, 2.24) is 0 Å². The van der Waals surface area contributed by atoms with Crippen LogP contribution in [0.2, 0.25) is 0 Å². The third-order valence-electron chi connectivity index (χ3n) is 9.69. The number of carbonyl (C=O) groups excluding carboxylic acids is 1. The molecule has 0 N–H and O–H groups in total. The van der Waals surface area contributed by atoms with E-state index in [0.717, 1.165) is 35.5 Å². The summed E-state index contributed by atoms with van der Waals surface area (Å²) >= 11 is 0. The molecule has 242 valence electrons. The van der Waals surface area contributed by atoms with E-state index in [9.17, 15) is 4.79 Å². The molecule has 0 aromatic rings. The molecule has 1 rings (SSSR count). The molecule has 0 amide bonds. The first kappa shape index (κ1) is 41.8. The summed E-state index contributed by atoms with van der Waals surface area (Å²) in [5.41, 5.74) is 0. The quantitative estimate of drug-likeness (QED) is 0.119. The minimum absolute atomic E-state index is 0.167. The van der Waals surface area contributed by atoms with Crippen molar-refractivity contribution in [3.05, 3.63) is 0 Å². The number of Topliss-reactive ketones (excluding diaryl/α,β-unsaturated/α-hetero) is 1. The van der Waals surface area contributed by atoms with E-state index in [1.807, 2.05) is 0 Å². The lowest BCUT2D eigenvalue weighted by Crippen LogP contribution is -2.13. The summed E-state index contributed by atoms with van der Waals surface area (Å²) < 4.78 is 0. The van der Waals surface area contributed by atoms with Crippen LogP contribution in [-0.4, -0.2) is 5.78 Å². The zero-order chi connectivity index (χ0) is 30.6. The van der Waals surface area contributed by atoms with Crippen LogP contribution >= 0.6 is 0 Å². The van der Waals surface area contributed by atoms with E-state index in [1.54, 1.807) is 6.42 Å². The topological polar surface area (TPSA) is 17.1 Å². The van der Waals surface area contributed by atoms with Crippen LogP contribution in [0, 0.1) is 35.5 Å². The van der Waals surface area contributed by atoms with Crippen molar-refractivity contribution in [2.24, 2.45) is 35.5 Å². The van der Waals surface area contributed by atoms with E-state index in [0.29, 0.717) is 0 Å². The Hall–Kier alpha value is -0.330. The standard InChI is InChI=1S/C29H58.C7H16.C3H6O/c1-7-15-25(9-3)17-13-12-14-18-26(10-4)21-24(6)22-27-19-20-29(23-27)28(11-5)16-8-2;1-3-5-7-6-4-2;1-3(2)4/h24-29H,7-23H2,1-6H3;3-7H2,1-2H3;1-2H3. The van der Waals surface area contributed by atoms with Crippen molar-refractivity contribution in [2.75, 3.05) is 0 Å². The van der Waals surface area contributed by atoms with Gasteiger partial charge >= 0.3 is 0 Å². The van der Waals surface area contributed by atoms with E-state index in [-0.39, 0.29) is 5.78 Å². The van der Waals surface area contributed by atoms with E-state index in [4.69, 9.17) is 0 Å². The SMILES string of the molecule is CC(C)=O.CCCC(CC)CCCCCC(CC)CC(C)CC1CCC(C(CC)CCC)C1.CCCCCCC. The Labute approximate surface area is 256 Å². The van der Waals surface area contributed by atoms with Gasteiger partial charge < -0.3 is 4.79 Å². The summed E-state index contributed by atoms with van der Waals surface area (Å²) in [6.07, 6.45) is 31.9. The van der Waals surface area contributed by atoms with Crippen molar-refractivity contribution >= 4 is 5.78 Å². The Balaban J connectivity index is 0. The first-order valence-corrected chi connectivity index (χ1v) is 18.7. The van der Waals surface area contributed by atoms with Crippen molar-refractivity contribution in [1.29, 1.82) is 0 Å². The molecule has 1 saturated carbocycles. The second kappa shape index (κ2) is 30.1. The number of unbranched alkanes of at least 4 members (excludes halogenated alkanes) is 6. The van der Waals surface area contributed by atoms with Gasteiger partial charge in [0.05, 0.1) is 0 Å². The summed E-state index contributed by atoms with van der Waals surface area (Å²) in [7, 11) is 0. The van der Waals surface area contributed by atoms with E-state index < -0.39 is 0 Å². The molecule has 0 aromatic carbocycles. The molecule has 0 heterocycles. The molecule has 0 bridgehead atoms. The lowest BCUT2D eigenvalue weighted by Gasteiger charge is -2.24. The minimum Gasteiger partial charge on any atom is -0.300 e. The highest BCUT2D eigenvalue weighted by molar-refractivity contribution is 5.72. The van der Waals surface area contributed by atoms with Gasteiger partial charge in [-0.2, -0.15) is 0 Å². The highest BCUT2D eigenvalue weighted by Gasteiger charge is 2.30. The molecule has 0 aliphatic heterocycles. The van der Waals surface area contributed by atoms with Gasteiger partial charge in [-0.05, 0) is 75.0 Å². The fourth-order valence-electron chi connectivity index (χ4n) is 7.30. The average Bonchev–Trinajstić information content (AvgIpc) is 3.38. The summed E-state index contributed by atoms with van der Waals surface area (Å²) in [5, 5.41) is 0. The maximum absolute atomic E-state index is 9.44. The van der Waals surface area contributed by atoms with E-state index in [1.165, 1.54) is 149 Å². The number of carbonyl (C=O) groups is 1. The molecule has 0 aromatic heterocycles. The third kappa shape index (κ3) is 25.4. The second-order valence-electron chi connectivity index (χ2n) is 13.9. The highest BCUT2D eigenvalue weighted by Crippen LogP contribution is 2.42. The van der Waals surface area contributed by atoms with Gasteiger partial charge in [-0.25, -0.2) is 0 Å². The molecular formula is C39H80O. The molecular weight excluding hydrogens is 484 g/mol. The summed E-state index contributed by atoms with van der Waals surface area (Å²) in [5.74, 6) is 6.23. The van der Waals surface area contributed by atoms with Crippen molar-refractivity contribution < 1.29 is 4.79 Å². The fraction of sp³-hybridized carbons (Fsp3) is 0.974. The molecule has 0 saturated heterocycles. The maximum Gasteiger partial charge on any atom is 0.126 e.